The van der Waals surface area contributed by atoms with E-state index in [1.54, 1.807) is 0 Å². The molecule has 2 bridgehead atoms. The highest BCUT2D eigenvalue weighted by Gasteiger charge is 2.15. The number of rotatable bonds is 0. The third-order valence-electron chi connectivity index (χ3n) is 2.06. The molecule has 2 rings (SSSR count). The van der Waals surface area contributed by atoms with Crippen LogP contribution in [0, 0.1) is 0 Å². The Hall–Kier alpha value is -0.470. The molecule has 11 heavy (non-hydrogen) atoms. The van der Waals surface area contributed by atoms with Gasteiger partial charge in [0.05, 0.1) is 0 Å². The largest absolute Gasteiger partial charge is 0.357 e. The van der Waals surface area contributed by atoms with Crippen LogP contribution in [-0.4, -0.2) is 31.1 Å². The summed E-state index contributed by atoms with van der Waals surface area (Å²) in [6, 6.07) is 0. The van der Waals surface area contributed by atoms with Crippen molar-refractivity contribution in [1.29, 1.82) is 0 Å². The lowest BCUT2D eigenvalue weighted by Crippen LogP contribution is -2.26. The Balaban J connectivity index is 2.22. The van der Waals surface area contributed by atoms with E-state index < -0.39 is 0 Å². The Bertz CT molecular complexity index is 220. The summed E-state index contributed by atoms with van der Waals surface area (Å²) in [5, 5.41) is 4.21. The van der Waals surface area contributed by atoms with Crippen molar-refractivity contribution in [2.75, 3.05) is 26.2 Å². The molecular formula is C8H11ClN2. The molecular weight excluding hydrogens is 160 g/mol. The number of halogens is 1. The maximum atomic E-state index is 5.97. The molecule has 1 saturated heterocycles. The summed E-state index contributed by atoms with van der Waals surface area (Å²) in [5.74, 6) is 0. The van der Waals surface area contributed by atoms with Crippen LogP contribution in [0.2, 0.25) is 0 Å². The molecule has 0 unspecified atom stereocenters. The zero-order valence-corrected chi connectivity index (χ0v) is 7.06. The van der Waals surface area contributed by atoms with E-state index in [0.717, 1.165) is 31.3 Å². The van der Waals surface area contributed by atoms with E-state index in [4.69, 9.17) is 11.6 Å². The van der Waals surface area contributed by atoms with Gasteiger partial charge < -0.3 is 10.2 Å². The average molecular weight is 171 g/mol. The van der Waals surface area contributed by atoms with Crippen LogP contribution in [0.5, 0.6) is 0 Å². The first-order valence-electron chi connectivity index (χ1n) is 3.87. The Labute approximate surface area is 71.5 Å². The standard InChI is InChI=1S/C8H11ClN2/c9-8-2-1-7-5-10-3-4-11(8)6-7/h1-2,10H,3-6H2. The lowest BCUT2D eigenvalue weighted by Gasteiger charge is -2.24. The second-order valence-electron chi connectivity index (χ2n) is 2.91. The molecule has 3 heteroatoms. The first-order valence-corrected chi connectivity index (χ1v) is 4.25. The van der Waals surface area contributed by atoms with Gasteiger partial charge in [-0.1, -0.05) is 17.7 Å². The molecule has 60 valence electrons. The average Bonchev–Trinajstić information content (AvgIpc) is 2.21. The molecule has 0 aromatic heterocycles. The maximum Gasteiger partial charge on any atom is 0.105 e. The lowest BCUT2D eigenvalue weighted by molar-refractivity contribution is 0.408. The van der Waals surface area contributed by atoms with Crippen LogP contribution in [0.3, 0.4) is 0 Å². The summed E-state index contributed by atoms with van der Waals surface area (Å²) in [6.45, 7) is 4.06. The Kier molecular flexibility index (Phi) is 1.88. The van der Waals surface area contributed by atoms with Crippen molar-refractivity contribution in [1.82, 2.24) is 10.2 Å². The summed E-state index contributed by atoms with van der Waals surface area (Å²) >= 11 is 5.97. The molecule has 2 nitrogen and oxygen atoms in total. The number of fused-ring (bicyclic) bond motifs is 2. The molecule has 0 aromatic carbocycles. The quantitative estimate of drug-likeness (QED) is 0.544. The summed E-state index contributed by atoms with van der Waals surface area (Å²) in [4.78, 5) is 2.19. The number of hydrogen-bond acceptors (Lipinski definition) is 2. The molecule has 0 amide bonds. The van der Waals surface area contributed by atoms with Gasteiger partial charge in [-0.3, -0.25) is 0 Å². The van der Waals surface area contributed by atoms with Gasteiger partial charge in [-0.15, -0.1) is 0 Å². The highest BCUT2D eigenvalue weighted by molar-refractivity contribution is 6.29. The predicted octanol–water partition coefficient (Wildman–Crippen LogP) is 0.912. The van der Waals surface area contributed by atoms with Crippen molar-refractivity contribution >= 4 is 11.6 Å². The fourth-order valence-corrected chi connectivity index (χ4v) is 1.64. The van der Waals surface area contributed by atoms with Crippen molar-refractivity contribution < 1.29 is 0 Å². The molecule has 0 aliphatic carbocycles. The molecule has 0 spiro atoms. The maximum absolute atomic E-state index is 5.97. The fourth-order valence-electron chi connectivity index (χ4n) is 1.43. The van der Waals surface area contributed by atoms with Crippen LogP contribution in [0.15, 0.2) is 22.9 Å². The van der Waals surface area contributed by atoms with Crippen molar-refractivity contribution in [2.45, 2.75) is 0 Å². The van der Waals surface area contributed by atoms with E-state index in [9.17, 15) is 0 Å². The first kappa shape index (κ1) is 7.19. The zero-order valence-electron chi connectivity index (χ0n) is 6.31. The van der Waals surface area contributed by atoms with Crippen LogP contribution in [0.25, 0.3) is 0 Å². The molecule has 1 N–H and O–H groups in total. The van der Waals surface area contributed by atoms with Gasteiger partial charge >= 0.3 is 0 Å². The fraction of sp³-hybridized carbons (Fsp3) is 0.500. The van der Waals surface area contributed by atoms with Gasteiger partial charge in [-0.25, -0.2) is 0 Å². The minimum atomic E-state index is 0.873. The van der Waals surface area contributed by atoms with Crippen molar-refractivity contribution in [3.05, 3.63) is 22.9 Å². The topological polar surface area (TPSA) is 15.3 Å². The van der Waals surface area contributed by atoms with Gasteiger partial charge in [0, 0.05) is 26.2 Å². The van der Waals surface area contributed by atoms with E-state index in [1.165, 1.54) is 5.57 Å². The third kappa shape index (κ3) is 1.42. The zero-order chi connectivity index (χ0) is 7.68. The summed E-state index contributed by atoms with van der Waals surface area (Å²) in [6.07, 6.45) is 4.09. The van der Waals surface area contributed by atoms with Crippen molar-refractivity contribution in [3.63, 3.8) is 0 Å². The highest BCUT2D eigenvalue weighted by Crippen LogP contribution is 2.18. The molecule has 2 aliphatic rings. The van der Waals surface area contributed by atoms with E-state index in [-0.39, 0.29) is 0 Å². The van der Waals surface area contributed by atoms with E-state index >= 15 is 0 Å². The Morgan fingerprint density at radius 3 is 3.27 bits per heavy atom. The highest BCUT2D eigenvalue weighted by atomic mass is 35.5. The molecule has 2 heterocycles. The molecule has 0 atom stereocenters. The minimum absolute atomic E-state index is 0.873. The van der Waals surface area contributed by atoms with Crippen molar-refractivity contribution in [2.24, 2.45) is 0 Å². The molecule has 1 fully saturated rings. The smallest absolute Gasteiger partial charge is 0.105 e. The number of hydrogen-bond donors (Lipinski definition) is 1. The van der Waals surface area contributed by atoms with E-state index in [1.807, 2.05) is 6.08 Å². The third-order valence-corrected chi connectivity index (χ3v) is 2.43. The Morgan fingerprint density at radius 1 is 1.45 bits per heavy atom. The van der Waals surface area contributed by atoms with Crippen LogP contribution in [0.4, 0.5) is 0 Å². The van der Waals surface area contributed by atoms with Crippen molar-refractivity contribution in [3.8, 4) is 0 Å². The summed E-state index contributed by atoms with van der Waals surface area (Å²) < 4.78 is 0. The normalized spacial score (nSPS) is 23.9. The predicted molar refractivity (Wildman–Crippen MR) is 46.5 cm³/mol. The molecule has 2 aliphatic heterocycles. The summed E-state index contributed by atoms with van der Waals surface area (Å²) in [7, 11) is 0. The number of nitrogens with one attached hydrogen (secondary N) is 1. The number of nitrogens with zero attached hydrogens (tertiary/aromatic N) is 1. The van der Waals surface area contributed by atoms with E-state index in [0.29, 0.717) is 0 Å². The van der Waals surface area contributed by atoms with Gasteiger partial charge in [0.25, 0.3) is 0 Å². The van der Waals surface area contributed by atoms with Gasteiger partial charge in [-0.2, -0.15) is 0 Å². The summed E-state index contributed by atoms with van der Waals surface area (Å²) in [5.41, 5.74) is 1.42. The molecule has 0 saturated carbocycles. The van der Waals surface area contributed by atoms with E-state index in [2.05, 4.69) is 16.3 Å². The van der Waals surface area contributed by atoms with Crippen LogP contribution in [-0.2, 0) is 0 Å². The van der Waals surface area contributed by atoms with Gasteiger partial charge in [0.15, 0.2) is 0 Å². The first-order chi connectivity index (χ1) is 5.36. The minimum Gasteiger partial charge on any atom is -0.357 e. The SMILES string of the molecule is ClC1=CC=C2CNCCN1C2. The Morgan fingerprint density at radius 2 is 2.36 bits per heavy atom. The van der Waals surface area contributed by atoms with Gasteiger partial charge in [0.2, 0.25) is 0 Å². The van der Waals surface area contributed by atoms with Crippen LogP contribution < -0.4 is 5.32 Å². The van der Waals surface area contributed by atoms with Gasteiger partial charge in [0.1, 0.15) is 5.16 Å². The van der Waals surface area contributed by atoms with Crippen LogP contribution in [0.1, 0.15) is 0 Å². The van der Waals surface area contributed by atoms with Crippen LogP contribution >= 0.6 is 11.6 Å². The molecule has 0 aromatic rings. The van der Waals surface area contributed by atoms with Gasteiger partial charge in [-0.05, 0) is 11.6 Å². The molecule has 0 radical (unpaired) electrons. The second kappa shape index (κ2) is 2.88. The second-order valence-corrected chi connectivity index (χ2v) is 3.30. The number of allylic oxidation sites excluding steroid dienone is 2. The lowest BCUT2D eigenvalue weighted by atomic mass is 10.2. The monoisotopic (exact) mass is 170 g/mol.